The van der Waals surface area contributed by atoms with E-state index in [-0.39, 0.29) is 11.8 Å². The smallest absolute Gasteiger partial charge is 0.416 e. The van der Waals surface area contributed by atoms with Crippen molar-refractivity contribution in [1.82, 2.24) is 4.90 Å². The first-order chi connectivity index (χ1) is 14.3. The lowest BCUT2D eigenvalue weighted by molar-refractivity contribution is -0.137. The van der Waals surface area contributed by atoms with E-state index in [4.69, 9.17) is 14.2 Å². The lowest BCUT2D eigenvalue weighted by atomic mass is 9.97. The highest BCUT2D eigenvalue weighted by Gasteiger charge is 2.33. The van der Waals surface area contributed by atoms with Crippen LogP contribution in [-0.4, -0.2) is 38.7 Å². The summed E-state index contributed by atoms with van der Waals surface area (Å²) in [6.07, 6.45) is -3.29. The molecule has 1 fully saturated rings. The molecule has 0 bridgehead atoms. The summed E-state index contributed by atoms with van der Waals surface area (Å²) in [4.78, 5) is 14.6. The van der Waals surface area contributed by atoms with E-state index in [2.05, 4.69) is 0 Å². The zero-order valence-electron chi connectivity index (χ0n) is 17.1. The first-order valence-electron chi connectivity index (χ1n) is 9.50. The van der Waals surface area contributed by atoms with E-state index in [9.17, 15) is 18.0 Å². The summed E-state index contributed by atoms with van der Waals surface area (Å²) in [6, 6.07) is 8.61. The number of halogens is 3. The number of nitrogens with zero attached hydrogens (tertiary/aromatic N) is 1. The van der Waals surface area contributed by atoms with Crippen LogP contribution >= 0.6 is 0 Å². The van der Waals surface area contributed by atoms with Crippen LogP contribution in [-0.2, 0) is 23.9 Å². The molecular formula is C22H24F3NO4. The Labute approximate surface area is 173 Å². The van der Waals surface area contributed by atoms with Gasteiger partial charge in [-0.15, -0.1) is 0 Å². The van der Waals surface area contributed by atoms with Gasteiger partial charge in [0.15, 0.2) is 11.5 Å². The number of rotatable bonds is 7. The van der Waals surface area contributed by atoms with Crippen LogP contribution in [0.3, 0.4) is 0 Å². The maximum Gasteiger partial charge on any atom is 0.416 e. The Morgan fingerprint density at radius 2 is 1.57 bits per heavy atom. The van der Waals surface area contributed by atoms with Crippen molar-refractivity contribution in [2.75, 3.05) is 27.9 Å². The third-order valence-corrected chi connectivity index (χ3v) is 5.27. The summed E-state index contributed by atoms with van der Waals surface area (Å²) in [5.41, 5.74) is 0.872. The minimum atomic E-state index is -4.36. The molecule has 5 nitrogen and oxygen atoms in total. The molecule has 1 atom stereocenters. The van der Waals surface area contributed by atoms with E-state index in [0.717, 1.165) is 23.3 Å². The normalized spacial score (nSPS) is 16.7. The first-order valence-corrected chi connectivity index (χ1v) is 9.50. The number of carbonyl (C=O) groups is 1. The Hall–Kier alpha value is -2.90. The van der Waals surface area contributed by atoms with Crippen LogP contribution in [0.1, 0.15) is 23.1 Å². The lowest BCUT2D eigenvalue weighted by Crippen LogP contribution is -2.27. The third-order valence-electron chi connectivity index (χ3n) is 5.27. The minimum Gasteiger partial charge on any atom is -0.493 e. The molecule has 1 aliphatic rings. The van der Waals surface area contributed by atoms with Crippen molar-refractivity contribution in [2.45, 2.75) is 25.6 Å². The topological polar surface area (TPSA) is 48.0 Å². The largest absolute Gasteiger partial charge is 0.493 e. The molecule has 0 radical (unpaired) electrons. The summed E-state index contributed by atoms with van der Waals surface area (Å²) < 4.78 is 54.2. The highest BCUT2D eigenvalue weighted by Crippen LogP contribution is 2.39. The van der Waals surface area contributed by atoms with E-state index in [1.165, 1.54) is 33.5 Å². The zero-order chi connectivity index (χ0) is 21.9. The van der Waals surface area contributed by atoms with Gasteiger partial charge in [-0.2, -0.15) is 13.2 Å². The van der Waals surface area contributed by atoms with Crippen molar-refractivity contribution in [2.24, 2.45) is 5.92 Å². The van der Waals surface area contributed by atoms with Crippen LogP contribution in [0, 0.1) is 5.92 Å². The predicted octanol–water partition coefficient (Wildman–Crippen LogP) is 4.32. The standard InChI is InChI=1S/C22H24F3NO4/c1-28-18-11-15(12-19(29-2)20(18)30-3)13-26-9-8-16(21(26)27)10-14-4-6-17(7-5-14)22(23,24)25/h4-7,11-12,16H,8-10,13H2,1-3H3. The monoisotopic (exact) mass is 423 g/mol. The molecule has 0 aliphatic carbocycles. The van der Waals surface area contributed by atoms with Gasteiger partial charge in [0, 0.05) is 19.0 Å². The predicted molar refractivity (Wildman–Crippen MR) is 105 cm³/mol. The second-order valence-corrected chi connectivity index (χ2v) is 7.18. The van der Waals surface area contributed by atoms with E-state index < -0.39 is 11.7 Å². The maximum absolute atomic E-state index is 12.8. The molecule has 2 aromatic rings. The fourth-order valence-electron chi connectivity index (χ4n) is 3.71. The number of hydrogen-bond acceptors (Lipinski definition) is 4. The average molecular weight is 423 g/mol. The molecule has 1 saturated heterocycles. The van der Waals surface area contributed by atoms with Gasteiger partial charge >= 0.3 is 6.18 Å². The van der Waals surface area contributed by atoms with Gasteiger partial charge in [0.05, 0.1) is 26.9 Å². The van der Waals surface area contributed by atoms with Crippen LogP contribution in [0.5, 0.6) is 17.2 Å². The minimum absolute atomic E-state index is 0.0105. The summed E-state index contributed by atoms with van der Waals surface area (Å²) in [6.45, 7) is 0.972. The summed E-state index contributed by atoms with van der Waals surface area (Å²) in [5, 5.41) is 0. The number of benzene rings is 2. The lowest BCUT2D eigenvalue weighted by Gasteiger charge is -2.19. The van der Waals surface area contributed by atoms with Gasteiger partial charge in [-0.3, -0.25) is 4.79 Å². The molecule has 1 amide bonds. The molecule has 0 spiro atoms. The molecule has 1 unspecified atom stereocenters. The van der Waals surface area contributed by atoms with Crippen molar-refractivity contribution < 1.29 is 32.2 Å². The highest BCUT2D eigenvalue weighted by atomic mass is 19.4. The summed E-state index contributed by atoms with van der Waals surface area (Å²) >= 11 is 0. The van der Waals surface area contributed by atoms with Crippen LogP contribution in [0.2, 0.25) is 0 Å². The fraction of sp³-hybridized carbons (Fsp3) is 0.409. The number of ether oxygens (including phenoxy) is 3. The molecule has 2 aromatic carbocycles. The SMILES string of the molecule is COc1cc(CN2CCC(Cc3ccc(C(F)(F)F)cc3)C2=O)cc(OC)c1OC. The first kappa shape index (κ1) is 21.8. The average Bonchev–Trinajstić information content (AvgIpc) is 3.06. The van der Waals surface area contributed by atoms with Crippen molar-refractivity contribution in [1.29, 1.82) is 0 Å². The Morgan fingerprint density at radius 3 is 2.07 bits per heavy atom. The molecule has 0 saturated carbocycles. The molecule has 3 rings (SSSR count). The summed E-state index contributed by atoms with van der Waals surface area (Å²) in [5.74, 6) is 1.25. The van der Waals surface area contributed by atoms with Gasteiger partial charge in [-0.25, -0.2) is 0 Å². The summed E-state index contributed by atoms with van der Waals surface area (Å²) in [7, 11) is 4.58. The van der Waals surface area contributed by atoms with Gasteiger partial charge in [0.1, 0.15) is 0 Å². The number of carbonyl (C=O) groups excluding carboxylic acids is 1. The highest BCUT2D eigenvalue weighted by molar-refractivity contribution is 5.81. The second kappa shape index (κ2) is 8.85. The van der Waals surface area contributed by atoms with Gasteiger partial charge in [0.2, 0.25) is 11.7 Å². The number of likely N-dealkylation sites (tertiary alicyclic amines) is 1. The molecule has 8 heteroatoms. The Bertz CT molecular complexity index is 871. The van der Waals surface area contributed by atoms with Gasteiger partial charge in [-0.05, 0) is 48.2 Å². The molecule has 30 heavy (non-hydrogen) atoms. The van der Waals surface area contributed by atoms with E-state index in [1.807, 2.05) is 0 Å². The number of amides is 1. The fourth-order valence-corrected chi connectivity index (χ4v) is 3.71. The molecule has 1 heterocycles. The zero-order valence-corrected chi connectivity index (χ0v) is 17.1. The number of alkyl halides is 3. The number of hydrogen-bond donors (Lipinski definition) is 0. The van der Waals surface area contributed by atoms with Crippen molar-refractivity contribution >= 4 is 5.91 Å². The van der Waals surface area contributed by atoms with Gasteiger partial charge in [0.25, 0.3) is 0 Å². The molecule has 162 valence electrons. The van der Waals surface area contributed by atoms with Crippen molar-refractivity contribution in [3.05, 3.63) is 53.1 Å². The third kappa shape index (κ3) is 4.63. The van der Waals surface area contributed by atoms with Gasteiger partial charge < -0.3 is 19.1 Å². The van der Waals surface area contributed by atoms with Crippen molar-refractivity contribution in [3.63, 3.8) is 0 Å². The van der Waals surface area contributed by atoms with Crippen LogP contribution < -0.4 is 14.2 Å². The Kier molecular flexibility index (Phi) is 6.43. The molecule has 1 aliphatic heterocycles. The van der Waals surface area contributed by atoms with E-state index >= 15 is 0 Å². The van der Waals surface area contributed by atoms with Crippen LogP contribution in [0.15, 0.2) is 36.4 Å². The molecule has 0 aromatic heterocycles. The van der Waals surface area contributed by atoms with E-state index in [1.54, 1.807) is 17.0 Å². The maximum atomic E-state index is 12.8. The van der Waals surface area contributed by atoms with Crippen LogP contribution in [0.4, 0.5) is 13.2 Å². The Morgan fingerprint density at radius 1 is 0.967 bits per heavy atom. The van der Waals surface area contributed by atoms with Crippen molar-refractivity contribution in [3.8, 4) is 17.2 Å². The second-order valence-electron chi connectivity index (χ2n) is 7.18. The van der Waals surface area contributed by atoms with Crippen LogP contribution in [0.25, 0.3) is 0 Å². The molecule has 0 N–H and O–H groups in total. The quantitative estimate of drug-likeness (QED) is 0.666. The Balaban J connectivity index is 1.69. The number of methoxy groups -OCH3 is 3. The van der Waals surface area contributed by atoms with E-state index in [0.29, 0.717) is 43.2 Å². The van der Waals surface area contributed by atoms with Gasteiger partial charge in [-0.1, -0.05) is 12.1 Å². The molecular weight excluding hydrogens is 399 g/mol.